The van der Waals surface area contributed by atoms with Crippen LogP contribution in [0.3, 0.4) is 0 Å². The molecular weight excluding hydrogens is 224 g/mol. The van der Waals surface area contributed by atoms with Crippen LogP contribution in [0.1, 0.15) is 17.3 Å². The van der Waals surface area contributed by atoms with E-state index < -0.39 is 0 Å². The van der Waals surface area contributed by atoms with Crippen molar-refractivity contribution in [2.45, 2.75) is 13.0 Å². The monoisotopic (exact) mass is 240 g/mol. The molecule has 0 aliphatic rings. The molecule has 3 N–H and O–H groups in total. The Kier molecular flexibility index (Phi) is 3.33. The van der Waals surface area contributed by atoms with Crippen molar-refractivity contribution in [2.24, 2.45) is 0 Å². The fourth-order valence-corrected chi connectivity index (χ4v) is 1.80. The molecule has 92 valence electrons. The zero-order chi connectivity index (χ0) is 13.1. The average molecular weight is 240 g/mol. The van der Waals surface area contributed by atoms with Crippen molar-refractivity contribution in [1.29, 1.82) is 0 Å². The SMILES string of the molecule is C=CC(C)NC(=O)c1cc2ccccc2cc1N. The van der Waals surface area contributed by atoms with Crippen LogP contribution in [-0.2, 0) is 0 Å². The quantitative estimate of drug-likeness (QED) is 0.640. The van der Waals surface area contributed by atoms with Crippen molar-refractivity contribution >= 4 is 22.4 Å². The minimum atomic E-state index is -0.175. The van der Waals surface area contributed by atoms with Crippen molar-refractivity contribution in [3.8, 4) is 0 Å². The van der Waals surface area contributed by atoms with Gasteiger partial charge in [-0.15, -0.1) is 6.58 Å². The Morgan fingerprint density at radius 1 is 1.33 bits per heavy atom. The van der Waals surface area contributed by atoms with Gasteiger partial charge in [0.1, 0.15) is 0 Å². The van der Waals surface area contributed by atoms with Gasteiger partial charge in [-0.2, -0.15) is 0 Å². The highest BCUT2D eigenvalue weighted by molar-refractivity contribution is 6.04. The van der Waals surface area contributed by atoms with E-state index in [4.69, 9.17) is 5.73 Å². The minimum absolute atomic E-state index is 0.0802. The zero-order valence-corrected chi connectivity index (χ0v) is 10.3. The fraction of sp³-hybridized carbons (Fsp3) is 0.133. The lowest BCUT2D eigenvalue weighted by Gasteiger charge is -2.11. The minimum Gasteiger partial charge on any atom is -0.398 e. The number of hydrogen-bond acceptors (Lipinski definition) is 2. The van der Waals surface area contributed by atoms with Gasteiger partial charge in [-0.1, -0.05) is 30.3 Å². The Bertz CT molecular complexity index is 604. The fourth-order valence-electron chi connectivity index (χ4n) is 1.80. The van der Waals surface area contributed by atoms with Gasteiger partial charge >= 0.3 is 0 Å². The van der Waals surface area contributed by atoms with Crippen molar-refractivity contribution < 1.29 is 4.79 Å². The average Bonchev–Trinajstić information content (AvgIpc) is 2.37. The molecule has 3 nitrogen and oxygen atoms in total. The second-order valence-electron chi connectivity index (χ2n) is 4.28. The second-order valence-corrected chi connectivity index (χ2v) is 4.28. The highest BCUT2D eigenvalue weighted by Crippen LogP contribution is 2.21. The first-order chi connectivity index (χ1) is 8.61. The Hall–Kier alpha value is -2.29. The first-order valence-electron chi connectivity index (χ1n) is 5.83. The Morgan fingerprint density at radius 2 is 1.94 bits per heavy atom. The van der Waals surface area contributed by atoms with Crippen molar-refractivity contribution in [3.05, 3.63) is 54.6 Å². The van der Waals surface area contributed by atoms with E-state index in [1.807, 2.05) is 43.3 Å². The summed E-state index contributed by atoms with van der Waals surface area (Å²) in [5.74, 6) is -0.175. The molecule has 2 rings (SSSR count). The maximum Gasteiger partial charge on any atom is 0.253 e. The number of nitrogens with one attached hydrogen (secondary N) is 1. The molecule has 3 heteroatoms. The van der Waals surface area contributed by atoms with Crippen LogP contribution >= 0.6 is 0 Å². The highest BCUT2D eigenvalue weighted by atomic mass is 16.1. The van der Waals surface area contributed by atoms with Gasteiger partial charge in [0.15, 0.2) is 0 Å². The number of carbonyl (C=O) groups is 1. The van der Waals surface area contributed by atoms with Gasteiger partial charge in [0, 0.05) is 11.7 Å². The Morgan fingerprint density at radius 3 is 2.56 bits per heavy atom. The molecule has 0 saturated carbocycles. The van der Waals surface area contributed by atoms with Gasteiger partial charge in [0.2, 0.25) is 0 Å². The number of anilines is 1. The molecule has 2 aromatic rings. The molecule has 0 radical (unpaired) electrons. The van der Waals surface area contributed by atoms with Crippen molar-refractivity contribution in [2.75, 3.05) is 5.73 Å². The van der Waals surface area contributed by atoms with Crippen LogP contribution < -0.4 is 11.1 Å². The Labute approximate surface area is 106 Å². The molecule has 1 unspecified atom stereocenters. The maximum atomic E-state index is 12.0. The number of amides is 1. The molecule has 0 aromatic heterocycles. The van der Waals surface area contributed by atoms with Crippen molar-refractivity contribution in [1.82, 2.24) is 5.32 Å². The maximum absolute atomic E-state index is 12.0. The molecule has 0 bridgehead atoms. The molecule has 0 heterocycles. The summed E-state index contributed by atoms with van der Waals surface area (Å²) >= 11 is 0. The predicted octanol–water partition coefficient (Wildman–Crippen LogP) is 2.73. The van der Waals surface area contributed by atoms with Gasteiger partial charge in [0.25, 0.3) is 5.91 Å². The lowest BCUT2D eigenvalue weighted by molar-refractivity contribution is 0.0948. The lowest BCUT2D eigenvalue weighted by Crippen LogP contribution is -2.31. The van der Waals surface area contributed by atoms with E-state index in [-0.39, 0.29) is 11.9 Å². The lowest BCUT2D eigenvalue weighted by atomic mass is 10.0. The molecule has 18 heavy (non-hydrogen) atoms. The normalized spacial score (nSPS) is 12.1. The third-order valence-corrected chi connectivity index (χ3v) is 2.87. The van der Waals surface area contributed by atoms with Crippen LogP contribution in [0.2, 0.25) is 0 Å². The van der Waals surface area contributed by atoms with E-state index in [9.17, 15) is 4.79 Å². The first kappa shape index (κ1) is 12.2. The topological polar surface area (TPSA) is 55.1 Å². The standard InChI is InChI=1S/C15H16N2O/c1-3-10(2)17-15(18)13-8-11-6-4-5-7-12(11)9-14(13)16/h3-10H,1,16H2,2H3,(H,17,18). The number of rotatable bonds is 3. The van der Waals surface area contributed by atoms with Crippen LogP contribution in [0, 0.1) is 0 Å². The van der Waals surface area contributed by atoms with Crippen LogP contribution in [0.25, 0.3) is 10.8 Å². The summed E-state index contributed by atoms with van der Waals surface area (Å²) in [6.45, 7) is 5.50. The summed E-state index contributed by atoms with van der Waals surface area (Å²) in [7, 11) is 0. The molecule has 2 aromatic carbocycles. The summed E-state index contributed by atoms with van der Waals surface area (Å²) in [6, 6.07) is 11.4. The van der Waals surface area contributed by atoms with Gasteiger partial charge < -0.3 is 11.1 Å². The number of carbonyl (C=O) groups excluding carboxylic acids is 1. The van der Waals surface area contributed by atoms with Gasteiger partial charge in [-0.25, -0.2) is 0 Å². The van der Waals surface area contributed by atoms with Crippen LogP contribution in [0.5, 0.6) is 0 Å². The van der Waals surface area contributed by atoms with Gasteiger partial charge in [0.05, 0.1) is 5.56 Å². The van der Waals surface area contributed by atoms with E-state index in [0.29, 0.717) is 11.3 Å². The Balaban J connectivity index is 2.41. The van der Waals surface area contributed by atoms with Gasteiger partial charge in [-0.05, 0) is 29.8 Å². The smallest absolute Gasteiger partial charge is 0.253 e. The summed E-state index contributed by atoms with van der Waals surface area (Å²) in [6.07, 6.45) is 1.68. The third-order valence-electron chi connectivity index (χ3n) is 2.87. The second kappa shape index (κ2) is 4.92. The molecule has 0 saturated heterocycles. The summed E-state index contributed by atoms with van der Waals surface area (Å²) < 4.78 is 0. The molecule has 1 atom stereocenters. The van der Waals surface area contributed by atoms with E-state index in [2.05, 4.69) is 11.9 Å². The van der Waals surface area contributed by atoms with Gasteiger partial charge in [-0.3, -0.25) is 4.79 Å². The van der Waals surface area contributed by atoms with Crippen LogP contribution in [0.4, 0.5) is 5.69 Å². The highest BCUT2D eigenvalue weighted by Gasteiger charge is 2.12. The number of fused-ring (bicyclic) bond motifs is 1. The summed E-state index contributed by atoms with van der Waals surface area (Å²) in [5, 5.41) is 4.85. The molecule has 0 aliphatic heterocycles. The number of benzene rings is 2. The summed E-state index contributed by atoms with van der Waals surface area (Å²) in [4.78, 5) is 12.0. The number of nitrogen functional groups attached to an aromatic ring is 1. The van der Waals surface area contributed by atoms with E-state index in [0.717, 1.165) is 10.8 Å². The predicted molar refractivity (Wildman–Crippen MR) is 75.5 cm³/mol. The molecular formula is C15H16N2O. The zero-order valence-electron chi connectivity index (χ0n) is 10.3. The van der Waals surface area contributed by atoms with Crippen molar-refractivity contribution in [3.63, 3.8) is 0 Å². The summed E-state index contributed by atoms with van der Waals surface area (Å²) in [5.41, 5.74) is 6.91. The van der Waals surface area contributed by atoms with Crippen LogP contribution in [0.15, 0.2) is 49.1 Å². The first-order valence-corrected chi connectivity index (χ1v) is 5.83. The molecule has 0 aliphatic carbocycles. The van der Waals surface area contributed by atoms with Crippen LogP contribution in [-0.4, -0.2) is 11.9 Å². The number of nitrogens with two attached hydrogens (primary N) is 1. The van der Waals surface area contributed by atoms with E-state index >= 15 is 0 Å². The molecule has 0 spiro atoms. The van der Waals surface area contributed by atoms with E-state index in [1.54, 1.807) is 6.08 Å². The number of hydrogen-bond donors (Lipinski definition) is 2. The third kappa shape index (κ3) is 2.35. The molecule has 1 amide bonds. The largest absolute Gasteiger partial charge is 0.398 e. The molecule has 0 fully saturated rings. The van der Waals surface area contributed by atoms with E-state index in [1.165, 1.54) is 0 Å².